The Kier molecular flexibility index (Phi) is 6.06. The molecular formula is C24H24N2O5S. The van der Waals surface area contributed by atoms with E-state index in [2.05, 4.69) is 5.32 Å². The molecule has 7 nitrogen and oxygen atoms in total. The number of nitrogens with zero attached hydrogens (tertiary/aromatic N) is 1. The van der Waals surface area contributed by atoms with Gasteiger partial charge in [-0.2, -0.15) is 0 Å². The lowest BCUT2D eigenvalue weighted by molar-refractivity contribution is -0.149. The van der Waals surface area contributed by atoms with Crippen LogP contribution in [0.5, 0.6) is 0 Å². The number of nitrogens with one attached hydrogen (secondary N) is 1. The molecule has 1 N–H and O–H groups in total. The number of carbonyl (C=O) groups is 4. The van der Waals surface area contributed by atoms with Gasteiger partial charge in [-0.3, -0.25) is 19.3 Å². The summed E-state index contributed by atoms with van der Waals surface area (Å²) >= 11 is 1.31. The molecule has 2 aliphatic heterocycles. The minimum Gasteiger partial charge on any atom is -0.452 e. The number of thioether (sulfide) groups is 1. The molecule has 32 heavy (non-hydrogen) atoms. The number of benzene rings is 2. The SMILES string of the molecule is CCCC(=O)Nc1ccc(C(=O)[C@@H](C)OC(=O)[C@]23CCC(=O)N2c2ccccc2S3)cc1. The third-order valence-corrected chi connectivity index (χ3v) is 7.03. The third kappa shape index (κ3) is 3.90. The summed E-state index contributed by atoms with van der Waals surface area (Å²) in [5.41, 5.74) is 1.68. The van der Waals surface area contributed by atoms with Crippen LogP contribution in [0.15, 0.2) is 53.4 Å². The van der Waals surface area contributed by atoms with Crippen LogP contribution in [0.25, 0.3) is 0 Å². The fraction of sp³-hybridized carbons (Fsp3) is 0.333. The summed E-state index contributed by atoms with van der Waals surface area (Å²) in [6.45, 7) is 3.45. The van der Waals surface area contributed by atoms with E-state index >= 15 is 0 Å². The highest BCUT2D eigenvalue weighted by molar-refractivity contribution is 8.02. The zero-order valence-corrected chi connectivity index (χ0v) is 18.7. The number of para-hydroxylation sites is 1. The summed E-state index contributed by atoms with van der Waals surface area (Å²) in [5, 5.41) is 2.77. The number of anilines is 2. The first-order valence-corrected chi connectivity index (χ1v) is 11.4. The van der Waals surface area contributed by atoms with Crippen molar-refractivity contribution in [1.82, 2.24) is 0 Å². The summed E-state index contributed by atoms with van der Waals surface area (Å²) in [5.74, 6) is -1.15. The van der Waals surface area contributed by atoms with Crippen LogP contribution in [0.1, 0.15) is 49.9 Å². The molecule has 0 radical (unpaired) electrons. The van der Waals surface area contributed by atoms with Gasteiger partial charge in [0.2, 0.25) is 17.6 Å². The lowest BCUT2D eigenvalue weighted by Crippen LogP contribution is -2.49. The van der Waals surface area contributed by atoms with Gasteiger partial charge in [-0.05, 0) is 49.7 Å². The lowest BCUT2D eigenvalue weighted by atomic mass is 10.1. The number of ether oxygens (including phenoxy) is 1. The molecule has 0 bridgehead atoms. The quantitative estimate of drug-likeness (QED) is 0.501. The first-order chi connectivity index (χ1) is 15.4. The Bertz CT molecular complexity index is 1080. The Hall–Kier alpha value is -3.13. The highest BCUT2D eigenvalue weighted by Crippen LogP contribution is 2.56. The highest BCUT2D eigenvalue weighted by Gasteiger charge is 2.58. The van der Waals surface area contributed by atoms with Gasteiger partial charge in [0.05, 0.1) is 5.69 Å². The molecule has 2 heterocycles. The van der Waals surface area contributed by atoms with Crippen LogP contribution in [0.4, 0.5) is 11.4 Å². The van der Waals surface area contributed by atoms with Crippen molar-refractivity contribution in [3.8, 4) is 0 Å². The predicted octanol–water partition coefficient (Wildman–Crippen LogP) is 4.17. The molecule has 1 fully saturated rings. The van der Waals surface area contributed by atoms with Gasteiger partial charge in [-0.25, -0.2) is 4.79 Å². The molecule has 0 unspecified atom stereocenters. The summed E-state index contributed by atoms with van der Waals surface area (Å²) in [6, 6.07) is 13.9. The Labute approximate surface area is 190 Å². The summed E-state index contributed by atoms with van der Waals surface area (Å²) in [6.07, 6.45) is 0.746. The predicted molar refractivity (Wildman–Crippen MR) is 122 cm³/mol. The number of ketones is 1. The summed E-state index contributed by atoms with van der Waals surface area (Å²) in [4.78, 5) is 51.5. The van der Waals surface area contributed by atoms with Crippen molar-refractivity contribution >= 4 is 46.7 Å². The third-order valence-electron chi connectivity index (χ3n) is 5.58. The van der Waals surface area contributed by atoms with E-state index in [0.717, 1.165) is 11.3 Å². The van der Waals surface area contributed by atoms with Gasteiger partial charge < -0.3 is 10.1 Å². The number of rotatable bonds is 7. The molecule has 0 saturated carbocycles. The number of hydrogen-bond donors (Lipinski definition) is 1. The molecule has 166 valence electrons. The molecular weight excluding hydrogens is 428 g/mol. The van der Waals surface area contributed by atoms with Crippen LogP contribution in [-0.2, 0) is 19.1 Å². The van der Waals surface area contributed by atoms with Crippen LogP contribution >= 0.6 is 11.8 Å². The highest BCUT2D eigenvalue weighted by atomic mass is 32.2. The largest absolute Gasteiger partial charge is 0.452 e. The molecule has 4 rings (SSSR count). The number of fused-ring (bicyclic) bond motifs is 3. The van der Waals surface area contributed by atoms with Crippen molar-refractivity contribution in [2.45, 2.75) is 55.4 Å². The van der Waals surface area contributed by atoms with Crippen molar-refractivity contribution in [1.29, 1.82) is 0 Å². The number of Topliss-reactive ketones (excluding diaryl/α,β-unsaturated/α-hetero) is 1. The van der Waals surface area contributed by atoms with E-state index in [1.807, 2.05) is 31.2 Å². The van der Waals surface area contributed by atoms with Gasteiger partial charge in [0.25, 0.3) is 0 Å². The van der Waals surface area contributed by atoms with E-state index in [1.165, 1.54) is 23.6 Å². The smallest absolute Gasteiger partial charge is 0.344 e. The lowest BCUT2D eigenvalue weighted by Gasteiger charge is -2.29. The monoisotopic (exact) mass is 452 g/mol. The van der Waals surface area contributed by atoms with Crippen molar-refractivity contribution in [2.75, 3.05) is 10.2 Å². The minimum atomic E-state index is -1.16. The van der Waals surface area contributed by atoms with Crippen LogP contribution in [0.2, 0.25) is 0 Å². The first-order valence-electron chi connectivity index (χ1n) is 10.6. The molecule has 0 aliphatic carbocycles. The van der Waals surface area contributed by atoms with Gasteiger partial charge in [0, 0.05) is 35.4 Å². The van der Waals surface area contributed by atoms with Crippen molar-refractivity contribution in [3.63, 3.8) is 0 Å². The minimum absolute atomic E-state index is 0.0844. The zero-order valence-electron chi connectivity index (χ0n) is 17.9. The molecule has 2 amide bonds. The Morgan fingerprint density at radius 1 is 1.16 bits per heavy atom. The molecule has 2 aromatic rings. The maximum Gasteiger partial charge on any atom is 0.344 e. The molecule has 2 aromatic carbocycles. The average molecular weight is 453 g/mol. The van der Waals surface area contributed by atoms with Crippen LogP contribution in [0, 0.1) is 0 Å². The molecule has 0 aromatic heterocycles. The fourth-order valence-electron chi connectivity index (χ4n) is 3.98. The number of hydrogen-bond acceptors (Lipinski definition) is 6. The van der Waals surface area contributed by atoms with E-state index in [1.54, 1.807) is 24.3 Å². The number of amides is 2. The maximum absolute atomic E-state index is 13.2. The van der Waals surface area contributed by atoms with Gasteiger partial charge in [-0.1, -0.05) is 30.8 Å². The topological polar surface area (TPSA) is 92.8 Å². The second-order valence-corrected chi connectivity index (χ2v) is 9.19. The van der Waals surface area contributed by atoms with Crippen LogP contribution < -0.4 is 10.2 Å². The van der Waals surface area contributed by atoms with Gasteiger partial charge in [0.1, 0.15) is 0 Å². The number of carbonyl (C=O) groups excluding carboxylic acids is 4. The Balaban J connectivity index is 1.45. The van der Waals surface area contributed by atoms with Gasteiger partial charge >= 0.3 is 5.97 Å². The van der Waals surface area contributed by atoms with Crippen LogP contribution in [0.3, 0.4) is 0 Å². The molecule has 0 spiro atoms. The molecule has 8 heteroatoms. The van der Waals surface area contributed by atoms with E-state index < -0.39 is 16.9 Å². The van der Waals surface area contributed by atoms with Gasteiger partial charge in [0.15, 0.2) is 11.0 Å². The zero-order chi connectivity index (χ0) is 22.9. The summed E-state index contributed by atoms with van der Waals surface area (Å²) in [7, 11) is 0. The van der Waals surface area contributed by atoms with E-state index in [9.17, 15) is 19.2 Å². The summed E-state index contributed by atoms with van der Waals surface area (Å²) < 4.78 is 5.59. The van der Waals surface area contributed by atoms with E-state index in [4.69, 9.17) is 4.74 Å². The van der Waals surface area contributed by atoms with Gasteiger partial charge in [-0.15, -0.1) is 0 Å². The first kappa shape index (κ1) is 22.1. The average Bonchev–Trinajstić information content (AvgIpc) is 3.29. The Morgan fingerprint density at radius 2 is 1.88 bits per heavy atom. The molecule has 2 atom stereocenters. The maximum atomic E-state index is 13.2. The second kappa shape index (κ2) is 8.78. The Morgan fingerprint density at radius 3 is 2.59 bits per heavy atom. The fourth-order valence-corrected chi connectivity index (χ4v) is 5.38. The van der Waals surface area contributed by atoms with Crippen molar-refractivity contribution in [2.24, 2.45) is 0 Å². The standard InChI is InChI=1S/C24H24N2O5S/c1-3-6-20(27)25-17-11-9-16(10-12-17)22(29)15(2)31-23(30)24-14-13-21(28)26(24)18-7-4-5-8-19(18)32-24/h4-5,7-12,15H,3,6,13-14H2,1-2H3,(H,25,27)/t15-,24-/m1/s1. The molecule has 1 saturated heterocycles. The van der Waals surface area contributed by atoms with Crippen molar-refractivity contribution < 1.29 is 23.9 Å². The normalized spacial score (nSPS) is 19.8. The number of esters is 1. The van der Waals surface area contributed by atoms with Crippen LogP contribution in [-0.4, -0.2) is 34.5 Å². The van der Waals surface area contributed by atoms with E-state index in [0.29, 0.717) is 29.8 Å². The van der Waals surface area contributed by atoms with E-state index in [-0.39, 0.29) is 24.0 Å². The molecule has 2 aliphatic rings. The second-order valence-electron chi connectivity index (χ2n) is 7.87. The van der Waals surface area contributed by atoms with Crippen molar-refractivity contribution in [3.05, 3.63) is 54.1 Å².